The van der Waals surface area contributed by atoms with E-state index in [-0.39, 0.29) is 6.42 Å². The van der Waals surface area contributed by atoms with Gasteiger partial charge in [0, 0.05) is 13.5 Å². The fourth-order valence-electron chi connectivity index (χ4n) is 1.94. The van der Waals surface area contributed by atoms with E-state index in [2.05, 4.69) is 23.2 Å². The van der Waals surface area contributed by atoms with Crippen molar-refractivity contribution in [3.63, 3.8) is 0 Å². The lowest BCUT2D eigenvalue weighted by Gasteiger charge is -2.01. The molecule has 2 aromatic rings. The molecule has 0 amide bonds. The number of aliphatic carboxylic acids is 1. The highest BCUT2D eigenvalue weighted by Gasteiger charge is 2.02. The highest BCUT2D eigenvalue weighted by atomic mass is 16.4. The number of aryl methyl sites for hydroxylation is 2. The second-order valence-corrected chi connectivity index (χ2v) is 4.28. The standard InChI is InChI=1S/C13H16N2O2/c1-15-9-14-11-8-10(6-7-12(11)15)4-2-3-5-13(16)17/h6-9H,2-5H2,1H3,(H,16,17). The van der Waals surface area contributed by atoms with Gasteiger partial charge in [-0.3, -0.25) is 4.79 Å². The lowest BCUT2D eigenvalue weighted by Crippen LogP contribution is -1.95. The molecule has 90 valence electrons. The summed E-state index contributed by atoms with van der Waals surface area (Å²) in [6, 6.07) is 6.23. The fourth-order valence-corrected chi connectivity index (χ4v) is 1.94. The summed E-state index contributed by atoms with van der Waals surface area (Å²) in [6.07, 6.45) is 4.62. The van der Waals surface area contributed by atoms with Crippen molar-refractivity contribution in [3.05, 3.63) is 30.1 Å². The molecular weight excluding hydrogens is 216 g/mol. The topological polar surface area (TPSA) is 55.1 Å². The molecule has 1 N–H and O–H groups in total. The number of carboxylic acids is 1. The van der Waals surface area contributed by atoms with Crippen molar-refractivity contribution in [1.82, 2.24) is 9.55 Å². The molecule has 4 nitrogen and oxygen atoms in total. The minimum absolute atomic E-state index is 0.256. The van der Waals surface area contributed by atoms with Crippen LogP contribution in [0.15, 0.2) is 24.5 Å². The highest BCUT2D eigenvalue weighted by Crippen LogP contribution is 2.15. The molecule has 1 heterocycles. The Morgan fingerprint density at radius 2 is 2.24 bits per heavy atom. The van der Waals surface area contributed by atoms with Crippen LogP contribution in [0.5, 0.6) is 0 Å². The van der Waals surface area contributed by atoms with Crippen molar-refractivity contribution in [2.75, 3.05) is 0 Å². The third kappa shape index (κ3) is 2.84. The lowest BCUT2D eigenvalue weighted by molar-refractivity contribution is -0.137. The van der Waals surface area contributed by atoms with Crippen LogP contribution in [0.1, 0.15) is 24.8 Å². The quantitative estimate of drug-likeness (QED) is 0.805. The molecule has 1 aromatic heterocycles. The molecule has 4 heteroatoms. The molecule has 0 fully saturated rings. The van der Waals surface area contributed by atoms with E-state index in [1.165, 1.54) is 5.56 Å². The van der Waals surface area contributed by atoms with Gasteiger partial charge in [0.15, 0.2) is 0 Å². The minimum atomic E-state index is -0.717. The number of carbonyl (C=O) groups is 1. The van der Waals surface area contributed by atoms with Gasteiger partial charge in [-0.2, -0.15) is 0 Å². The average molecular weight is 232 g/mol. The molecule has 0 bridgehead atoms. The first-order valence-corrected chi connectivity index (χ1v) is 5.78. The van der Waals surface area contributed by atoms with Crippen LogP contribution in [0.2, 0.25) is 0 Å². The number of benzene rings is 1. The number of fused-ring (bicyclic) bond motifs is 1. The van der Waals surface area contributed by atoms with E-state index in [4.69, 9.17) is 5.11 Å². The average Bonchev–Trinajstić information content (AvgIpc) is 2.66. The first kappa shape index (κ1) is 11.6. The molecule has 0 atom stereocenters. The van der Waals surface area contributed by atoms with Crippen molar-refractivity contribution < 1.29 is 9.90 Å². The molecule has 0 radical (unpaired) electrons. The van der Waals surface area contributed by atoms with Gasteiger partial charge in [-0.15, -0.1) is 0 Å². The number of aromatic nitrogens is 2. The van der Waals surface area contributed by atoms with Gasteiger partial charge in [-0.05, 0) is 37.0 Å². The number of nitrogens with zero attached hydrogens (tertiary/aromatic N) is 2. The minimum Gasteiger partial charge on any atom is -0.481 e. The van der Waals surface area contributed by atoms with Crippen molar-refractivity contribution in [3.8, 4) is 0 Å². The predicted molar refractivity (Wildman–Crippen MR) is 65.9 cm³/mol. The lowest BCUT2D eigenvalue weighted by atomic mass is 10.1. The molecule has 0 spiro atoms. The first-order valence-electron chi connectivity index (χ1n) is 5.78. The Morgan fingerprint density at radius 1 is 1.41 bits per heavy atom. The summed E-state index contributed by atoms with van der Waals surface area (Å²) < 4.78 is 1.99. The number of unbranched alkanes of at least 4 members (excludes halogenated alkanes) is 1. The van der Waals surface area contributed by atoms with Gasteiger partial charge in [-0.25, -0.2) is 4.98 Å². The molecule has 0 unspecified atom stereocenters. The van der Waals surface area contributed by atoms with Crippen LogP contribution in [0.4, 0.5) is 0 Å². The van der Waals surface area contributed by atoms with Crippen LogP contribution >= 0.6 is 0 Å². The Balaban J connectivity index is 1.97. The zero-order valence-corrected chi connectivity index (χ0v) is 9.89. The van der Waals surface area contributed by atoms with E-state index in [1.54, 1.807) is 6.33 Å². The van der Waals surface area contributed by atoms with Crippen LogP contribution in [-0.2, 0) is 18.3 Å². The number of hydrogen-bond donors (Lipinski definition) is 1. The molecule has 1 aromatic carbocycles. The predicted octanol–water partition coefficient (Wildman–Crippen LogP) is 2.37. The number of hydrogen-bond acceptors (Lipinski definition) is 2. The van der Waals surface area contributed by atoms with Gasteiger partial charge in [0.1, 0.15) is 0 Å². The largest absolute Gasteiger partial charge is 0.481 e. The zero-order chi connectivity index (χ0) is 12.3. The van der Waals surface area contributed by atoms with Gasteiger partial charge in [0.05, 0.1) is 17.4 Å². The first-order chi connectivity index (χ1) is 8.16. The van der Waals surface area contributed by atoms with E-state index in [9.17, 15) is 4.79 Å². The van der Waals surface area contributed by atoms with Crippen molar-refractivity contribution >= 4 is 17.0 Å². The summed E-state index contributed by atoms with van der Waals surface area (Å²) in [5.41, 5.74) is 3.35. The van der Waals surface area contributed by atoms with Crippen molar-refractivity contribution in [2.45, 2.75) is 25.7 Å². The SMILES string of the molecule is Cn1cnc2cc(CCCCC(=O)O)ccc21. The Morgan fingerprint density at radius 3 is 3.00 bits per heavy atom. The van der Waals surface area contributed by atoms with Gasteiger partial charge >= 0.3 is 5.97 Å². The van der Waals surface area contributed by atoms with Gasteiger partial charge < -0.3 is 9.67 Å². The van der Waals surface area contributed by atoms with Crippen LogP contribution in [0.25, 0.3) is 11.0 Å². The maximum absolute atomic E-state index is 10.4. The smallest absolute Gasteiger partial charge is 0.303 e. The van der Waals surface area contributed by atoms with Crippen LogP contribution < -0.4 is 0 Å². The number of carboxylic acid groups (broad SMARTS) is 1. The van der Waals surface area contributed by atoms with E-state index < -0.39 is 5.97 Å². The van der Waals surface area contributed by atoms with E-state index in [0.717, 1.165) is 30.3 Å². The molecule has 0 aliphatic carbocycles. The third-order valence-corrected chi connectivity index (χ3v) is 2.90. The summed E-state index contributed by atoms with van der Waals surface area (Å²) in [4.78, 5) is 14.7. The second kappa shape index (κ2) is 4.99. The fraction of sp³-hybridized carbons (Fsp3) is 0.385. The van der Waals surface area contributed by atoms with E-state index in [1.807, 2.05) is 11.6 Å². The Hall–Kier alpha value is -1.84. The molecule has 2 rings (SSSR count). The summed E-state index contributed by atoms with van der Waals surface area (Å²) in [5.74, 6) is -0.717. The maximum atomic E-state index is 10.4. The van der Waals surface area contributed by atoms with Crippen molar-refractivity contribution in [1.29, 1.82) is 0 Å². The summed E-state index contributed by atoms with van der Waals surface area (Å²) in [6.45, 7) is 0. The third-order valence-electron chi connectivity index (χ3n) is 2.90. The van der Waals surface area contributed by atoms with E-state index in [0.29, 0.717) is 0 Å². The molecule has 0 saturated heterocycles. The molecular formula is C13H16N2O2. The highest BCUT2D eigenvalue weighted by molar-refractivity contribution is 5.75. The Bertz CT molecular complexity index is 531. The van der Waals surface area contributed by atoms with Crippen LogP contribution in [-0.4, -0.2) is 20.6 Å². The molecule has 0 saturated carbocycles. The Kier molecular flexibility index (Phi) is 3.42. The summed E-state index contributed by atoms with van der Waals surface area (Å²) in [5, 5.41) is 8.54. The number of rotatable bonds is 5. The van der Waals surface area contributed by atoms with Crippen LogP contribution in [0.3, 0.4) is 0 Å². The van der Waals surface area contributed by atoms with Gasteiger partial charge in [-0.1, -0.05) is 6.07 Å². The van der Waals surface area contributed by atoms with E-state index >= 15 is 0 Å². The zero-order valence-electron chi connectivity index (χ0n) is 9.89. The van der Waals surface area contributed by atoms with Crippen LogP contribution in [0, 0.1) is 0 Å². The maximum Gasteiger partial charge on any atom is 0.303 e. The normalized spacial score (nSPS) is 10.9. The van der Waals surface area contributed by atoms with Gasteiger partial charge in [0.2, 0.25) is 0 Å². The molecule has 0 aliphatic rings. The number of imidazole rings is 1. The Labute approximate surface area is 99.9 Å². The van der Waals surface area contributed by atoms with Crippen molar-refractivity contribution in [2.24, 2.45) is 7.05 Å². The summed E-state index contributed by atoms with van der Waals surface area (Å²) in [7, 11) is 1.97. The summed E-state index contributed by atoms with van der Waals surface area (Å²) >= 11 is 0. The molecule has 0 aliphatic heterocycles. The molecule has 17 heavy (non-hydrogen) atoms. The second-order valence-electron chi connectivity index (χ2n) is 4.28. The van der Waals surface area contributed by atoms with Gasteiger partial charge in [0.25, 0.3) is 0 Å². The monoisotopic (exact) mass is 232 g/mol.